The molecular weight excluding hydrogens is 270 g/mol. The number of nitrogens with one attached hydrogen (secondary N) is 1. The first-order valence-corrected chi connectivity index (χ1v) is 7.52. The molecule has 1 aliphatic carbocycles. The van der Waals surface area contributed by atoms with Crippen molar-refractivity contribution in [2.24, 2.45) is 11.3 Å². The molecule has 0 radical (unpaired) electrons. The van der Waals surface area contributed by atoms with Gasteiger partial charge in [0, 0.05) is 24.7 Å². The summed E-state index contributed by atoms with van der Waals surface area (Å²) in [4.78, 5) is 25.7. The molecule has 6 heteroatoms. The van der Waals surface area contributed by atoms with E-state index in [1.807, 2.05) is 19.9 Å². The van der Waals surface area contributed by atoms with Crippen molar-refractivity contribution in [1.82, 2.24) is 15.1 Å². The lowest BCUT2D eigenvalue weighted by atomic mass is 9.76. The number of nitrogens with zero attached hydrogens (tertiary/aromatic N) is 2. The Kier molecular flexibility index (Phi) is 3.26. The molecule has 1 saturated heterocycles. The lowest BCUT2D eigenvalue weighted by Gasteiger charge is -2.28. The summed E-state index contributed by atoms with van der Waals surface area (Å²) in [6, 6.07) is 1.82. The number of amides is 1. The predicted octanol–water partition coefficient (Wildman–Crippen LogP) is 1.86. The van der Waals surface area contributed by atoms with E-state index >= 15 is 0 Å². The Bertz CT molecular complexity index is 576. The first kappa shape index (κ1) is 14.1. The number of hydrogen-bond donors (Lipinski definition) is 2. The average molecular weight is 291 g/mol. The minimum absolute atomic E-state index is 0.00555. The van der Waals surface area contributed by atoms with Gasteiger partial charge in [-0.15, -0.1) is 0 Å². The fraction of sp³-hybridized carbons (Fsp3) is 0.667. The van der Waals surface area contributed by atoms with Gasteiger partial charge in [-0.3, -0.25) is 14.7 Å². The lowest BCUT2D eigenvalue weighted by Crippen LogP contribution is -2.40. The molecule has 2 fully saturated rings. The van der Waals surface area contributed by atoms with Crippen molar-refractivity contribution in [3.63, 3.8) is 0 Å². The minimum Gasteiger partial charge on any atom is -0.481 e. The second-order valence-electron chi connectivity index (χ2n) is 6.58. The van der Waals surface area contributed by atoms with Crippen LogP contribution in [0.2, 0.25) is 0 Å². The summed E-state index contributed by atoms with van der Waals surface area (Å²) in [5.41, 5.74) is 0.596. The number of hydrogen-bond acceptors (Lipinski definition) is 3. The molecule has 2 N–H and O–H groups in total. The average Bonchev–Trinajstić information content (AvgIpc) is 3.02. The number of likely N-dealkylation sites (tertiary alicyclic amines) is 1. The molecule has 3 rings (SSSR count). The van der Waals surface area contributed by atoms with Gasteiger partial charge in [-0.05, 0) is 31.2 Å². The van der Waals surface area contributed by atoms with Gasteiger partial charge < -0.3 is 10.0 Å². The first-order chi connectivity index (χ1) is 9.94. The molecule has 1 atom stereocenters. The van der Waals surface area contributed by atoms with Gasteiger partial charge in [-0.25, -0.2) is 0 Å². The van der Waals surface area contributed by atoms with Gasteiger partial charge in [0.15, 0.2) is 0 Å². The van der Waals surface area contributed by atoms with Gasteiger partial charge in [-0.1, -0.05) is 13.8 Å². The number of carboxylic acid groups (broad SMARTS) is 1. The number of rotatable bonds is 4. The van der Waals surface area contributed by atoms with E-state index in [1.54, 1.807) is 4.90 Å². The third-order valence-electron chi connectivity index (χ3n) is 4.95. The van der Waals surface area contributed by atoms with Gasteiger partial charge in [-0.2, -0.15) is 5.10 Å². The van der Waals surface area contributed by atoms with Crippen LogP contribution in [0.5, 0.6) is 0 Å². The predicted molar refractivity (Wildman–Crippen MR) is 76.0 cm³/mol. The largest absolute Gasteiger partial charge is 0.481 e. The topological polar surface area (TPSA) is 86.3 Å². The Balaban J connectivity index is 1.75. The van der Waals surface area contributed by atoms with Gasteiger partial charge in [0.05, 0.1) is 5.41 Å². The Hall–Kier alpha value is -1.85. The second-order valence-corrected chi connectivity index (χ2v) is 6.58. The van der Waals surface area contributed by atoms with Gasteiger partial charge in [0.2, 0.25) is 0 Å². The van der Waals surface area contributed by atoms with Crippen LogP contribution in [0.25, 0.3) is 0 Å². The zero-order valence-corrected chi connectivity index (χ0v) is 12.4. The molecule has 114 valence electrons. The molecule has 1 amide bonds. The molecule has 2 heterocycles. The lowest BCUT2D eigenvalue weighted by molar-refractivity contribution is -0.150. The summed E-state index contributed by atoms with van der Waals surface area (Å²) < 4.78 is 0. The van der Waals surface area contributed by atoms with Crippen LogP contribution in [0, 0.1) is 11.3 Å². The normalized spacial score (nSPS) is 25.6. The molecule has 21 heavy (non-hydrogen) atoms. The van der Waals surface area contributed by atoms with Crippen LogP contribution >= 0.6 is 0 Å². The zero-order valence-electron chi connectivity index (χ0n) is 12.4. The SMILES string of the molecule is CC(C)C1(C(=O)O)CCN(C(=O)c2cc(C3CC3)[nH]n2)C1. The van der Waals surface area contributed by atoms with E-state index in [4.69, 9.17) is 0 Å². The molecule has 1 unspecified atom stereocenters. The van der Waals surface area contributed by atoms with Crippen molar-refractivity contribution in [3.8, 4) is 0 Å². The van der Waals surface area contributed by atoms with Crippen LogP contribution in [0.3, 0.4) is 0 Å². The van der Waals surface area contributed by atoms with Crippen LogP contribution in [0.4, 0.5) is 0 Å². The third kappa shape index (κ3) is 2.32. The molecule has 0 spiro atoms. The van der Waals surface area contributed by atoms with Crippen molar-refractivity contribution in [1.29, 1.82) is 0 Å². The molecule has 0 aromatic carbocycles. The van der Waals surface area contributed by atoms with Crippen molar-refractivity contribution >= 4 is 11.9 Å². The highest BCUT2D eigenvalue weighted by molar-refractivity contribution is 5.93. The van der Waals surface area contributed by atoms with Gasteiger partial charge in [0.25, 0.3) is 5.91 Å². The third-order valence-corrected chi connectivity index (χ3v) is 4.95. The van der Waals surface area contributed by atoms with Crippen LogP contribution in [0.15, 0.2) is 6.07 Å². The number of aliphatic carboxylic acids is 1. The van der Waals surface area contributed by atoms with Crippen molar-refractivity contribution in [2.75, 3.05) is 13.1 Å². The summed E-state index contributed by atoms with van der Waals surface area (Å²) in [6.45, 7) is 4.56. The molecular formula is C15H21N3O3. The Labute approximate surface area is 123 Å². The van der Waals surface area contributed by atoms with Gasteiger partial charge >= 0.3 is 5.97 Å². The molecule has 1 aliphatic heterocycles. The molecule has 1 aromatic rings. The second kappa shape index (κ2) is 4.86. The van der Waals surface area contributed by atoms with Crippen molar-refractivity contribution < 1.29 is 14.7 Å². The fourth-order valence-electron chi connectivity index (χ4n) is 3.11. The van der Waals surface area contributed by atoms with Crippen molar-refractivity contribution in [3.05, 3.63) is 17.5 Å². The van der Waals surface area contributed by atoms with Crippen LogP contribution in [0.1, 0.15) is 55.2 Å². The quantitative estimate of drug-likeness (QED) is 0.886. The van der Waals surface area contributed by atoms with E-state index in [9.17, 15) is 14.7 Å². The Morgan fingerprint density at radius 2 is 2.19 bits per heavy atom. The van der Waals surface area contributed by atoms with Crippen molar-refractivity contribution in [2.45, 2.75) is 39.0 Å². The number of carbonyl (C=O) groups is 2. The zero-order chi connectivity index (χ0) is 15.2. The van der Waals surface area contributed by atoms with E-state index in [0.29, 0.717) is 24.6 Å². The standard InChI is InChI=1S/C15H21N3O3/c1-9(2)15(14(20)21)5-6-18(8-15)13(19)12-7-11(16-17-12)10-3-4-10/h7,9-10H,3-6,8H2,1-2H3,(H,16,17)(H,20,21). The van der Waals surface area contributed by atoms with Crippen LogP contribution < -0.4 is 0 Å². The summed E-state index contributed by atoms with van der Waals surface area (Å²) in [6.07, 6.45) is 2.80. The highest BCUT2D eigenvalue weighted by Gasteiger charge is 2.48. The number of aromatic amines is 1. The van der Waals surface area contributed by atoms with Gasteiger partial charge in [0.1, 0.15) is 5.69 Å². The maximum atomic E-state index is 12.5. The number of H-pyrrole nitrogens is 1. The van der Waals surface area contributed by atoms with E-state index in [0.717, 1.165) is 18.5 Å². The first-order valence-electron chi connectivity index (χ1n) is 7.52. The number of carboxylic acids is 1. The highest BCUT2D eigenvalue weighted by atomic mass is 16.4. The fourth-order valence-corrected chi connectivity index (χ4v) is 3.11. The monoisotopic (exact) mass is 291 g/mol. The maximum Gasteiger partial charge on any atom is 0.311 e. The van der Waals surface area contributed by atoms with E-state index in [-0.39, 0.29) is 18.4 Å². The van der Waals surface area contributed by atoms with E-state index in [2.05, 4.69) is 10.2 Å². The van der Waals surface area contributed by atoms with Crippen LogP contribution in [-0.4, -0.2) is 45.2 Å². The summed E-state index contributed by atoms with van der Waals surface area (Å²) in [5, 5.41) is 16.5. The van der Waals surface area contributed by atoms with E-state index < -0.39 is 11.4 Å². The molecule has 6 nitrogen and oxygen atoms in total. The Morgan fingerprint density at radius 1 is 1.48 bits per heavy atom. The molecule has 1 aromatic heterocycles. The molecule has 1 saturated carbocycles. The Morgan fingerprint density at radius 3 is 2.71 bits per heavy atom. The molecule has 0 bridgehead atoms. The molecule has 2 aliphatic rings. The smallest absolute Gasteiger partial charge is 0.311 e. The minimum atomic E-state index is -0.828. The number of aromatic nitrogens is 2. The van der Waals surface area contributed by atoms with E-state index in [1.165, 1.54) is 0 Å². The van der Waals surface area contributed by atoms with Crippen LogP contribution in [-0.2, 0) is 4.79 Å². The number of carbonyl (C=O) groups excluding carboxylic acids is 1. The summed E-state index contributed by atoms with van der Waals surface area (Å²) in [5.74, 6) is -0.462. The summed E-state index contributed by atoms with van der Waals surface area (Å²) in [7, 11) is 0. The maximum absolute atomic E-state index is 12.5. The summed E-state index contributed by atoms with van der Waals surface area (Å²) >= 11 is 0. The highest BCUT2D eigenvalue weighted by Crippen LogP contribution is 2.40.